The van der Waals surface area contributed by atoms with Crippen molar-refractivity contribution in [3.63, 3.8) is 0 Å². The molecule has 0 aromatic heterocycles. The maximum absolute atomic E-state index is 11.0. The molecule has 4 fully saturated rings. The van der Waals surface area contributed by atoms with Crippen molar-refractivity contribution >= 4 is 5.69 Å². The number of benzene rings is 1. The minimum atomic E-state index is -0.386. The molecule has 118 valence electrons. The Bertz CT molecular complexity index is 572. The van der Waals surface area contributed by atoms with Crippen LogP contribution >= 0.6 is 0 Å². The molecular weight excluding hydrogens is 282 g/mol. The summed E-state index contributed by atoms with van der Waals surface area (Å²) < 4.78 is 11.6. The quantitative estimate of drug-likeness (QED) is 0.627. The van der Waals surface area contributed by atoms with E-state index in [1.807, 2.05) is 0 Å². The van der Waals surface area contributed by atoms with Crippen molar-refractivity contribution in [2.45, 2.75) is 38.2 Å². The van der Waals surface area contributed by atoms with Crippen LogP contribution in [0, 0.1) is 33.8 Å². The standard InChI is InChI=1S/C17H21NO4/c1-21-15-3-2-14(18(19)20)9-16(15)22-17-12-5-10-4-11(7-12)8-13(17)6-10/h2-3,9-13,17H,4-8H2,1H3. The number of ether oxygens (including phenoxy) is 2. The van der Waals surface area contributed by atoms with Crippen LogP contribution in [-0.2, 0) is 0 Å². The molecule has 1 aromatic rings. The van der Waals surface area contributed by atoms with Crippen LogP contribution in [0.3, 0.4) is 0 Å². The van der Waals surface area contributed by atoms with Crippen LogP contribution in [0.5, 0.6) is 11.5 Å². The number of non-ortho nitro benzene ring substituents is 1. The highest BCUT2D eigenvalue weighted by Gasteiger charge is 2.49. The maximum atomic E-state index is 11.0. The molecule has 5 nitrogen and oxygen atoms in total. The van der Waals surface area contributed by atoms with Crippen LogP contribution in [0.1, 0.15) is 32.1 Å². The van der Waals surface area contributed by atoms with E-state index in [2.05, 4.69) is 0 Å². The lowest BCUT2D eigenvalue weighted by Crippen LogP contribution is -2.50. The van der Waals surface area contributed by atoms with Crippen LogP contribution in [-0.4, -0.2) is 18.1 Å². The van der Waals surface area contributed by atoms with Crippen LogP contribution in [0.4, 0.5) is 5.69 Å². The number of nitro benzene ring substituents is 1. The van der Waals surface area contributed by atoms with Gasteiger partial charge in [0, 0.05) is 6.07 Å². The van der Waals surface area contributed by atoms with E-state index in [-0.39, 0.29) is 16.7 Å². The van der Waals surface area contributed by atoms with Crippen molar-refractivity contribution in [1.29, 1.82) is 0 Å². The summed E-state index contributed by atoms with van der Waals surface area (Å²) in [5, 5.41) is 11.0. The van der Waals surface area contributed by atoms with Gasteiger partial charge in [0.15, 0.2) is 11.5 Å². The smallest absolute Gasteiger partial charge is 0.273 e. The van der Waals surface area contributed by atoms with Crippen LogP contribution in [0.25, 0.3) is 0 Å². The minimum Gasteiger partial charge on any atom is -0.493 e. The van der Waals surface area contributed by atoms with Crippen molar-refractivity contribution in [1.82, 2.24) is 0 Å². The van der Waals surface area contributed by atoms with Gasteiger partial charge in [-0.3, -0.25) is 10.1 Å². The Morgan fingerprint density at radius 2 is 1.68 bits per heavy atom. The number of rotatable bonds is 4. The van der Waals surface area contributed by atoms with E-state index in [1.54, 1.807) is 13.2 Å². The Morgan fingerprint density at radius 1 is 1.05 bits per heavy atom. The van der Waals surface area contributed by atoms with Crippen LogP contribution in [0.15, 0.2) is 18.2 Å². The van der Waals surface area contributed by atoms with Crippen molar-refractivity contribution in [2.75, 3.05) is 7.11 Å². The summed E-state index contributed by atoms with van der Waals surface area (Å²) in [4.78, 5) is 10.6. The SMILES string of the molecule is COc1ccc([N+](=O)[O-])cc1OC1C2CC3CC(C2)CC1C3. The number of nitro groups is 1. The van der Waals surface area contributed by atoms with Gasteiger partial charge in [0.2, 0.25) is 0 Å². The lowest BCUT2D eigenvalue weighted by molar-refractivity contribution is -0.385. The predicted octanol–water partition coefficient (Wildman–Crippen LogP) is 3.81. The van der Waals surface area contributed by atoms with Crippen molar-refractivity contribution in [3.05, 3.63) is 28.3 Å². The van der Waals surface area contributed by atoms with Gasteiger partial charge in [0.25, 0.3) is 5.69 Å². The average Bonchev–Trinajstić information content (AvgIpc) is 2.50. The summed E-state index contributed by atoms with van der Waals surface area (Å²) in [6.07, 6.45) is 6.64. The Kier molecular flexibility index (Phi) is 3.24. The zero-order valence-electron chi connectivity index (χ0n) is 12.7. The Labute approximate surface area is 129 Å². The van der Waals surface area contributed by atoms with Gasteiger partial charge < -0.3 is 9.47 Å². The monoisotopic (exact) mass is 303 g/mol. The summed E-state index contributed by atoms with van der Waals surface area (Å²) >= 11 is 0. The highest BCUT2D eigenvalue weighted by atomic mass is 16.6. The van der Waals surface area contributed by atoms with Crippen molar-refractivity contribution in [3.8, 4) is 11.5 Å². The van der Waals surface area contributed by atoms with Crippen LogP contribution < -0.4 is 9.47 Å². The highest BCUT2D eigenvalue weighted by molar-refractivity contribution is 5.48. The third-order valence-electron chi connectivity index (χ3n) is 5.76. The van der Waals surface area contributed by atoms with Gasteiger partial charge in [-0.15, -0.1) is 0 Å². The molecule has 4 saturated carbocycles. The van der Waals surface area contributed by atoms with Crippen LogP contribution in [0.2, 0.25) is 0 Å². The van der Waals surface area contributed by atoms with Gasteiger partial charge in [-0.25, -0.2) is 0 Å². The fourth-order valence-corrected chi connectivity index (χ4v) is 5.09. The minimum absolute atomic E-state index is 0.0552. The molecular formula is C17H21NO4. The van der Waals surface area contributed by atoms with Gasteiger partial charge in [-0.1, -0.05) is 0 Å². The molecule has 22 heavy (non-hydrogen) atoms. The molecule has 0 unspecified atom stereocenters. The predicted molar refractivity (Wildman–Crippen MR) is 81.1 cm³/mol. The lowest BCUT2D eigenvalue weighted by atomic mass is 9.55. The molecule has 0 aliphatic heterocycles. The largest absolute Gasteiger partial charge is 0.493 e. The van der Waals surface area contributed by atoms with Gasteiger partial charge in [0.05, 0.1) is 18.1 Å². The highest BCUT2D eigenvalue weighted by Crippen LogP contribution is 2.55. The molecule has 0 N–H and O–H groups in total. The molecule has 1 aromatic carbocycles. The lowest BCUT2D eigenvalue weighted by Gasteiger charge is -2.53. The first-order chi connectivity index (χ1) is 10.6. The summed E-state index contributed by atoms with van der Waals surface area (Å²) in [5.41, 5.74) is 0.0552. The molecule has 4 bridgehead atoms. The summed E-state index contributed by atoms with van der Waals surface area (Å²) in [7, 11) is 1.57. The van der Waals surface area contributed by atoms with Gasteiger partial charge in [0.1, 0.15) is 6.10 Å². The van der Waals surface area contributed by atoms with E-state index >= 15 is 0 Å². The number of hydrogen-bond acceptors (Lipinski definition) is 4. The number of nitrogens with zero attached hydrogens (tertiary/aromatic N) is 1. The number of hydrogen-bond donors (Lipinski definition) is 0. The maximum Gasteiger partial charge on any atom is 0.273 e. The molecule has 0 amide bonds. The van der Waals surface area contributed by atoms with Crippen molar-refractivity contribution < 1.29 is 14.4 Å². The summed E-state index contributed by atoms with van der Waals surface area (Å²) in [6.45, 7) is 0. The Balaban J connectivity index is 1.60. The number of methoxy groups -OCH3 is 1. The van der Waals surface area contributed by atoms with E-state index in [9.17, 15) is 10.1 Å². The second kappa shape index (κ2) is 5.14. The summed E-state index contributed by atoms with van der Waals surface area (Å²) in [6, 6.07) is 4.59. The molecule has 4 aliphatic rings. The zero-order chi connectivity index (χ0) is 15.3. The third kappa shape index (κ3) is 2.23. The molecule has 0 spiro atoms. The normalized spacial score (nSPS) is 35.4. The van der Waals surface area contributed by atoms with Gasteiger partial charge >= 0.3 is 0 Å². The first kappa shape index (κ1) is 13.9. The molecule has 0 heterocycles. The zero-order valence-corrected chi connectivity index (χ0v) is 12.7. The molecule has 0 atom stereocenters. The van der Waals surface area contributed by atoms with Crippen molar-refractivity contribution in [2.24, 2.45) is 23.7 Å². The molecule has 0 radical (unpaired) electrons. The molecule has 5 heteroatoms. The first-order valence-electron chi connectivity index (χ1n) is 8.13. The Morgan fingerprint density at radius 3 is 2.23 bits per heavy atom. The van der Waals surface area contributed by atoms with E-state index < -0.39 is 0 Å². The topological polar surface area (TPSA) is 61.6 Å². The van der Waals surface area contributed by atoms with E-state index in [0.29, 0.717) is 23.3 Å². The fourth-order valence-electron chi connectivity index (χ4n) is 5.09. The third-order valence-corrected chi connectivity index (χ3v) is 5.76. The second-order valence-electron chi connectivity index (χ2n) is 7.11. The van der Waals surface area contributed by atoms with Gasteiger partial charge in [-0.2, -0.15) is 0 Å². The van der Waals surface area contributed by atoms with Gasteiger partial charge in [-0.05, 0) is 61.8 Å². The molecule has 0 saturated heterocycles. The van der Waals surface area contributed by atoms with E-state index in [0.717, 1.165) is 11.8 Å². The molecule has 4 aliphatic carbocycles. The Hall–Kier alpha value is -1.78. The molecule has 5 rings (SSSR count). The first-order valence-corrected chi connectivity index (χ1v) is 8.13. The second-order valence-corrected chi connectivity index (χ2v) is 7.11. The van der Waals surface area contributed by atoms with E-state index in [1.165, 1.54) is 44.2 Å². The average molecular weight is 303 g/mol. The van der Waals surface area contributed by atoms with E-state index in [4.69, 9.17) is 9.47 Å². The summed E-state index contributed by atoms with van der Waals surface area (Å²) in [5.74, 6) is 4.10. The fraction of sp³-hybridized carbons (Fsp3) is 0.647.